The number of carbonyl (C=O) groups excluding carboxylic acids is 1. The van der Waals surface area contributed by atoms with Gasteiger partial charge in [-0.25, -0.2) is 12.8 Å². The Kier molecular flexibility index (Phi) is 7.01. The van der Waals surface area contributed by atoms with Crippen molar-refractivity contribution >= 4 is 27.3 Å². The molecule has 0 aliphatic heterocycles. The van der Waals surface area contributed by atoms with Crippen LogP contribution in [0.4, 0.5) is 17.6 Å². The molecule has 1 aromatic heterocycles. The zero-order valence-corrected chi connectivity index (χ0v) is 18.2. The predicted octanol–water partition coefficient (Wildman–Crippen LogP) is 4.48. The molecular formula is C21H18F4N2O3S2. The highest BCUT2D eigenvalue weighted by atomic mass is 32.2. The molecule has 2 N–H and O–H groups in total. The third-order valence-corrected chi connectivity index (χ3v) is 7.06. The number of halogens is 4. The zero-order valence-electron chi connectivity index (χ0n) is 16.6. The molecule has 0 saturated carbocycles. The Hall–Kier alpha value is -2.76. The summed E-state index contributed by atoms with van der Waals surface area (Å²) in [4.78, 5) is 12.5. The zero-order chi connectivity index (χ0) is 23.5. The van der Waals surface area contributed by atoms with E-state index in [0.29, 0.717) is 16.5 Å². The van der Waals surface area contributed by atoms with Gasteiger partial charge in [-0.3, -0.25) is 4.79 Å². The minimum absolute atomic E-state index is 0.463. The fourth-order valence-electron chi connectivity index (χ4n) is 2.98. The Labute approximate surface area is 186 Å². The summed E-state index contributed by atoms with van der Waals surface area (Å²) in [6, 6.07) is 10.5. The molecule has 170 valence electrons. The molecule has 0 radical (unpaired) electrons. The van der Waals surface area contributed by atoms with Gasteiger partial charge >= 0.3 is 6.18 Å². The first kappa shape index (κ1) is 23.9. The number of carbonyl (C=O) groups is 1. The molecule has 11 heteroatoms. The average molecular weight is 487 g/mol. The van der Waals surface area contributed by atoms with Crippen LogP contribution in [0.5, 0.6) is 0 Å². The first-order chi connectivity index (χ1) is 15.0. The van der Waals surface area contributed by atoms with E-state index in [1.807, 2.05) is 4.72 Å². The number of benzene rings is 2. The number of thiophene rings is 1. The molecule has 2 aromatic carbocycles. The van der Waals surface area contributed by atoms with Crippen molar-refractivity contribution in [1.29, 1.82) is 0 Å². The van der Waals surface area contributed by atoms with E-state index in [1.54, 1.807) is 17.5 Å². The summed E-state index contributed by atoms with van der Waals surface area (Å²) in [6.07, 6.45) is -4.89. The van der Waals surface area contributed by atoms with Crippen LogP contribution in [0.3, 0.4) is 0 Å². The molecule has 0 aliphatic carbocycles. The summed E-state index contributed by atoms with van der Waals surface area (Å²) in [5.74, 6) is -1.23. The van der Waals surface area contributed by atoms with Crippen LogP contribution in [0.1, 0.15) is 29.0 Å². The van der Waals surface area contributed by atoms with Gasteiger partial charge < -0.3 is 5.32 Å². The van der Waals surface area contributed by atoms with Crippen LogP contribution in [0.15, 0.2) is 70.9 Å². The molecule has 1 heterocycles. The van der Waals surface area contributed by atoms with E-state index in [-0.39, 0.29) is 0 Å². The number of hydrogen-bond acceptors (Lipinski definition) is 4. The summed E-state index contributed by atoms with van der Waals surface area (Å²) < 4.78 is 80.2. The fraction of sp³-hybridized carbons (Fsp3) is 0.190. The standard InChI is InChI=1S/C21H18F4N2O3S2/c1-13(27-32(29,30)18-7-3-2-5-16(18)21(23,24)25)20(28)26-19(17-6-4-12-31-17)14-8-10-15(22)11-9-14/h2-13,19,27H,1H3,(H,26,28). The van der Waals surface area contributed by atoms with Crippen molar-refractivity contribution in [1.82, 2.24) is 10.0 Å². The maximum atomic E-state index is 13.3. The number of rotatable bonds is 7. The van der Waals surface area contributed by atoms with Gasteiger partial charge in [-0.15, -0.1) is 11.3 Å². The lowest BCUT2D eigenvalue weighted by atomic mass is 10.0. The van der Waals surface area contributed by atoms with Crippen LogP contribution >= 0.6 is 11.3 Å². The van der Waals surface area contributed by atoms with Crippen molar-refractivity contribution in [2.45, 2.75) is 30.1 Å². The lowest BCUT2D eigenvalue weighted by molar-refractivity contribution is -0.139. The molecule has 0 aliphatic rings. The van der Waals surface area contributed by atoms with Crippen LogP contribution in [0.2, 0.25) is 0 Å². The Balaban J connectivity index is 1.82. The molecule has 3 aromatic rings. The van der Waals surface area contributed by atoms with Gasteiger partial charge in [0.05, 0.1) is 22.5 Å². The predicted molar refractivity (Wildman–Crippen MR) is 112 cm³/mol. The molecule has 0 saturated heterocycles. The highest BCUT2D eigenvalue weighted by Gasteiger charge is 2.37. The smallest absolute Gasteiger partial charge is 0.343 e. The van der Waals surface area contributed by atoms with E-state index in [1.165, 1.54) is 42.5 Å². The molecule has 0 fully saturated rings. The molecule has 1 amide bonds. The summed E-state index contributed by atoms with van der Waals surface area (Å²) in [6.45, 7) is 1.22. The van der Waals surface area contributed by atoms with Crippen molar-refractivity contribution in [3.8, 4) is 0 Å². The first-order valence-corrected chi connectivity index (χ1v) is 11.6. The third kappa shape index (κ3) is 5.53. The molecule has 0 bridgehead atoms. The Morgan fingerprint density at radius 3 is 2.25 bits per heavy atom. The molecule has 0 spiro atoms. The van der Waals surface area contributed by atoms with Crippen LogP contribution in [-0.2, 0) is 21.0 Å². The number of alkyl halides is 3. The third-order valence-electron chi connectivity index (χ3n) is 4.52. The highest BCUT2D eigenvalue weighted by molar-refractivity contribution is 7.89. The highest BCUT2D eigenvalue weighted by Crippen LogP contribution is 2.34. The lowest BCUT2D eigenvalue weighted by Crippen LogP contribution is -2.46. The van der Waals surface area contributed by atoms with Crippen molar-refractivity contribution in [2.75, 3.05) is 0 Å². The lowest BCUT2D eigenvalue weighted by Gasteiger charge is -2.22. The summed E-state index contributed by atoms with van der Waals surface area (Å²) in [7, 11) is -4.66. The van der Waals surface area contributed by atoms with Gasteiger partial charge in [0.25, 0.3) is 0 Å². The number of nitrogens with one attached hydrogen (secondary N) is 2. The molecule has 2 unspecified atom stereocenters. The summed E-state index contributed by atoms with van der Waals surface area (Å²) in [5, 5.41) is 4.45. The van der Waals surface area contributed by atoms with E-state index < -0.39 is 50.5 Å². The minimum Gasteiger partial charge on any atom is -0.343 e. The largest absolute Gasteiger partial charge is 0.417 e. The molecular weight excluding hydrogens is 468 g/mol. The van der Waals surface area contributed by atoms with Crippen LogP contribution in [0.25, 0.3) is 0 Å². The monoisotopic (exact) mass is 486 g/mol. The summed E-state index contributed by atoms with van der Waals surface area (Å²) in [5.41, 5.74) is -0.775. The molecule has 32 heavy (non-hydrogen) atoms. The van der Waals surface area contributed by atoms with E-state index in [0.717, 1.165) is 18.2 Å². The SMILES string of the molecule is CC(NS(=O)(=O)c1ccccc1C(F)(F)F)C(=O)NC(c1ccc(F)cc1)c1cccs1. The van der Waals surface area contributed by atoms with Gasteiger partial charge in [-0.05, 0) is 48.2 Å². The Bertz CT molecular complexity index is 1180. The first-order valence-electron chi connectivity index (χ1n) is 9.27. The van der Waals surface area contributed by atoms with E-state index in [9.17, 15) is 30.8 Å². The number of sulfonamides is 1. The van der Waals surface area contributed by atoms with E-state index in [4.69, 9.17) is 0 Å². The van der Waals surface area contributed by atoms with Crippen molar-refractivity contribution < 1.29 is 30.8 Å². The normalized spacial score (nSPS) is 14.0. The van der Waals surface area contributed by atoms with Gasteiger partial charge in [-0.1, -0.05) is 30.3 Å². The second-order valence-electron chi connectivity index (χ2n) is 6.85. The Morgan fingerprint density at radius 1 is 1.00 bits per heavy atom. The fourth-order valence-corrected chi connectivity index (χ4v) is 5.21. The van der Waals surface area contributed by atoms with Crippen molar-refractivity contribution in [2.24, 2.45) is 0 Å². The van der Waals surface area contributed by atoms with Gasteiger partial charge in [0.15, 0.2) is 0 Å². The summed E-state index contributed by atoms with van der Waals surface area (Å²) >= 11 is 1.33. The maximum Gasteiger partial charge on any atom is 0.417 e. The van der Waals surface area contributed by atoms with Gasteiger partial charge in [0.1, 0.15) is 5.82 Å². The molecule has 3 rings (SSSR count). The van der Waals surface area contributed by atoms with Crippen LogP contribution < -0.4 is 10.0 Å². The minimum atomic E-state index is -4.89. The number of hydrogen-bond donors (Lipinski definition) is 2. The van der Waals surface area contributed by atoms with E-state index >= 15 is 0 Å². The van der Waals surface area contributed by atoms with Gasteiger partial charge in [0.2, 0.25) is 15.9 Å². The second kappa shape index (κ2) is 9.39. The quantitative estimate of drug-likeness (QED) is 0.484. The van der Waals surface area contributed by atoms with Crippen LogP contribution in [0, 0.1) is 5.82 Å². The average Bonchev–Trinajstić information content (AvgIpc) is 3.26. The van der Waals surface area contributed by atoms with Crippen LogP contribution in [-0.4, -0.2) is 20.4 Å². The topological polar surface area (TPSA) is 75.3 Å². The van der Waals surface area contributed by atoms with Gasteiger partial charge in [-0.2, -0.15) is 17.9 Å². The van der Waals surface area contributed by atoms with Gasteiger partial charge in [0, 0.05) is 4.88 Å². The maximum absolute atomic E-state index is 13.3. The Morgan fingerprint density at radius 2 is 1.66 bits per heavy atom. The number of amides is 1. The molecule has 2 atom stereocenters. The molecule has 5 nitrogen and oxygen atoms in total. The van der Waals surface area contributed by atoms with Crippen molar-refractivity contribution in [3.63, 3.8) is 0 Å². The second-order valence-corrected chi connectivity index (χ2v) is 9.51. The van der Waals surface area contributed by atoms with Crippen molar-refractivity contribution in [3.05, 3.63) is 87.9 Å². The van der Waals surface area contributed by atoms with E-state index in [2.05, 4.69) is 5.32 Å².